The summed E-state index contributed by atoms with van der Waals surface area (Å²) in [6, 6.07) is 6.08. The van der Waals surface area contributed by atoms with Gasteiger partial charge in [-0.15, -0.1) is 0 Å². The normalized spacial score (nSPS) is 21.5. The van der Waals surface area contributed by atoms with Crippen molar-refractivity contribution in [2.24, 2.45) is 5.92 Å². The van der Waals surface area contributed by atoms with E-state index in [1.807, 2.05) is 0 Å². The van der Waals surface area contributed by atoms with Crippen molar-refractivity contribution in [2.75, 3.05) is 13.1 Å². The number of carbonyl (C=O) groups is 2. The monoisotopic (exact) mass is 302 g/mol. The van der Waals surface area contributed by atoms with Gasteiger partial charge in [-0.3, -0.25) is 9.59 Å². The first-order valence-electron chi connectivity index (χ1n) is 8.03. The van der Waals surface area contributed by atoms with E-state index < -0.39 is 6.04 Å². The first-order chi connectivity index (χ1) is 10.7. The lowest BCUT2D eigenvalue weighted by Gasteiger charge is -2.28. The molecule has 0 radical (unpaired) electrons. The minimum atomic E-state index is -0.410. The minimum Gasteiger partial charge on any atom is -0.507 e. The van der Waals surface area contributed by atoms with E-state index in [1.165, 1.54) is 25.3 Å². The van der Waals surface area contributed by atoms with E-state index in [1.54, 1.807) is 23.1 Å². The van der Waals surface area contributed by atoms with Gasteiger partial charge in [0.15, 0.2) is 0 Å². The Bertz CT molecular complexity index is 569. The average molecular weight is 302 g/mol. The van der Waals surface area contributed by atoms with Crippen molar-refractivity contribution in [1.82, 2.24) is 10.2 Å². The number of carbonyl (C=O) groups excluding carboxylic acids is 2. The van der Waals surface area contributed by atoms with Crippen molar-refractivity contribution in [1.29, 1.82) is 0 Å². The van der Waals surface area contributed by atoms with Crippen LogP contribution in [-0.2, 0) is 4.79 Å². The zero-order chi connectivity index (χ0) is 15.5. The van der Waals surface area contributed by atoms with Gasteiger partial charge in [-0.1, -0.05) is 18.6 Å². The van der Waals surface area contributed by atoms with E-state index in [-0.39, 0.29) is 23.1 Å². The molecule has 1 aromatic rings. The first kappa shape index (κ1) is 14.9. The molecule has 22 heavy (non-hydrogen) atoms. The summed E-state index contributed by atoms with van der Waals surface area (Å²) in [5, 5.41) is 12.8. The van der Waals surface area contributed by atoms with Crippen molar-refractivity contribution in [2.45, 2.75) is 38.1 Å². The molecule has 0 unspecified atom stereocenters. The molecule has 5 heteroatoms. The molecule has 2 aliphatic rings. The Hall–Kier alpha value is -2.04. The first-order valence-corrected chi connectivity index (χ1v) is 8.03. The molecule has 2 fully saturated rings. The quantitative estimate of drug-likeness (QED) is 0.892. The maximum Gasteiger partial charge on any atom is 0.258 e. The van der Waals surface area contributed by atoms with Gasteiger partial charge in [-0.05, 0) is 43.7 Å². The number of hydrogen-bond donors (Lipinski definition) is 2. The topological polar surface area (TPSA) is 69.6 Å². The summed E-state index contributed by atoms with van der Waals surface area (Å²) in [7, 11) is 0. The summed E-state index contributed by atoms with van der Waals surface area (Å²) in [5.74, 6) is 0.244. The third kappa shape index (κ3) is 2.93. The predicted octanol–water partition coefficient (Wildman–Crippen LogP) is 1.91. The van der Waals surface area contributed by atoms with Gasteiger partial charge in [0.2, 0.25) is 5.91 Å². The van der Waals surface area contributed by atoms with Crippen LogP contribution in [-0.4, -0.2) is 41.0 Å². The van der Waals surface area contributed by atoms with Crippen LogP contribution in [0.2, 0.25) is 0 Å². The molecule has 1 saturated carbocycles. The summed E-state index contributed by atoms with van der Waals surface area (Å²) in [4.78, 5) is 26.5. The number of amides is 2. The molecule has 0 aromatic heterocycles. The summed E-state index contributed by atoms with van der Waals surface area (Å²) in [6.07, 6.45) is 5.13. The molecular weight excluding hydrogens is 280 g/mol. The van der Waals surface area contributed by atoms with Crippen LogP contribution in [0.5, 0.6) is 5.75 Å². The molecule has 0 spiro atoms. The highest BCUT2D eigenvalue weighted by molar-refractivity contribution is 5.99. The largest absolute Gasteiger partial charge is 0.507 e. The lowest BCUT2D eigenvalue weighted by molar-refractivity contribution is -0.125. The Morgan fingerprint density at radius 2 is 1.95 bits per heavy atom. The number of phenols is 1. The van der Waals surface area contributed by atoms with Crippen molar-refractivity contribution in [3.05, 3.63) is 29.8 Å². The summed E-state index contributed by atoms with van der Waals surface area (Å²) in [5.41, 5.74) is 0.265. The molecule has 0 bridgehead atoms. The Balaban J connectivity index is 1.65. The molecule has 1 saturated heterocycles. The number of rotatable bonds is 4. The number of hydrogen-bond acceptors (Lipinski definition) is 3. The van der Waals surface area contributed by atoms with E-state index in [0.717, 1.165) is 6.42 Å². The standard InChI is InChI=1S/C17H22N2O3/c20-15-9-2-1-7-13(15)17(22)19-10-4-8-14(19)16(21)18-11-12-5-3-6-12/h1-2,7,9,12,14,20H,3-6,8,10-11H2,(H,18,21)/t14-/m1/s1. The molecular formula is C17H22N2O3. The third-order valence-electron chi connectivity index (χ3n) is 4.74. The van der Waals surface area contributed by atoms with Gasteiger partial charge in [0.1, 0.15) is 11.8 Å². The second-order valence-electron chi connectivity index (χ2n) is 6.22. The molecule has 2 amide bonds. The van der Waals surface area contributed by atoms with Gasteiger partial charge in [-0.25, -0.2) is 0 Å². The number of benzene rings is 1. The van der Waals surface area contributed by atoms with Crippen LogP contribution in [0.25, 0.3) is 0 Å². The Kier molecular flexibility index (Phi) is 4.32. The summed E-state index contributed by atoms with van der Waals surface area (Å²) < 4.78 is 0. The van der Waals surface area contributed by atoms with Crippen LogP contribution < -0.4 is 5.32 Å². The van der Waals surface area contributed by atoms with Crippen LogP contribution in [0.1, 0.15) is 42.5 Å². The number of nitrogens with zero attached hydrogens (tertiary/aromatic N) is 1. The SMILES string of the molecule is O=C(NCC1CCC1)[C@H]1CCCN1C(=O)c1ccccc1O. The Morgan fingerprint density at radius 1 is 1.18 bits per heavy atom. The third-order valence-corrected chi connectivity index (χ3v) is 4.74. The Morgan fingerprint density at radius 3 is 2.64 bits per heavy atom. The van der Waals surface area contributed by atoms with Gasteiger partial charge in [0.05, 0.1) is 5.56 Å². The van der Waals surface area contributed by atoms with Gasteiger partial charge >= 0.3 is 0 Å². The van der Waals surface area contributed by atoms with E-state index >= 15 is 0 Å². The van der Waals surface area contributed by atoms with Crippen LogP contribution in [0, 0.1) is 5.92 Å². The highest BCUT2D eigenvalue weighted by atomic mass is 16.3. The van der Waals surface area contributed by atoms with E-state index in [4.69, 9.17) is 0 Å². The maximum atomic E-state index is 12.6. The van der Waals surface area contributed by atoms with Gasteiger partial charge in [-0.2, -0.15) is 0 Å². The number of para-hydroxylation sites is 1. The lowest BCUT2D eigenvalue weighted by Crippen LogP contribution is -2.47. The zero-order valence-electron chi connectivity index (χ0n) is 12.6. The van der Waals surface area contributed by atoms with Gasteiger partial charge in [0, 0.05) is 13.1 Å². The molecule has 5 nitrogen and oxygen atoms in total. The number of aromatic hydroxyl groups is 1. The van der Waals surface area contributed by atoms with Crippen molar-refractivity contribution < 1.29 is 14.7 Å². The van der Waals surface area contributed by atoms with Gasteiger partial charge in [0.25, 0.3) is 5.91 Å². The van der Waals surface area contributed by atoms with Gasteiger partial charge < -0.3 is 15.3 Å². The second kappa shape index (κ2) is 6.38. The zero-order valence-corrected chi connectivity index (χ0v) is 12.6. The molecule has 1 aliphatic heterocycles. The average Bonchev–Trinajstić information content (AvgIpc) is 2.94. The lowest BCUT2D eigenvalue weighted by atomic mass is 9.85. The molecule has 1 atom stereocenters. The second-order valence-corrected chi connectivity index (χ2v) is 6.22. The summed E-state index contributed by atoms with van der Waals surface area (Å²) in [6.45, 7) is 1.28. The van der Waals surface area contributed by atoms with Crippen molar-refractivity contribution >= 4 is 11.8 Å². The van der Waals surface area contributed by atoms with Crippen LogP contribution in [0.4, 0.5) is 0 Å². The minimum absolute atomic E-state index is 0.0342. The van der Waals surface area contributed by atoms with Crippen LogP contribution in [0.3, 0.4) is 0 Å². The van der Waals surface area contributed by atoms with E-state index in [2.05, 4.69) is 5.32 Å². The van der Waals surface area contributed by atoms with Crippen molar-refractivity contribution in [3.63, 3.8) is 0 Å². The highest BCUT2D eigenvalue weighted by Gasteiger charge is 2.35. The molecule has 1 aromatic carbocycles. The number of phenolic OH excluding ortho intramolecular Hbond substituents is 1. The fraction of sp³-hybridized carbons (Fsp3) is 0.529. The fourth-order valence-electron chi connectivity index (χ4n) is 3.15. The van der Waals surface area contributed by atoms with Crippen LogP contribution in [0.15, 0.2) is 24.3 Å². The Labute approximate surface area is 130 Å². The number of likely N-dealkylation sites (tertiary alicyclic amines) is 1. The van der Waals surface area contributed by atoms with Crippen LogP contribution >= 0.6 is 0 Å². The number of nitrogens with one attached hydrogen (secondary N) is 1. The predicted molar refractivity (Wildman–Crippen MR) is 82.5 cm³/mol. The maximum absolute atomic E-state index is 12.6. The molecule has 1 heterocycles. The smallest absolute Gasteiger partial charge is 0.258 e. The summed E-state index contributed by atoms with van der Waals surface area (Å²) >= 11 is 0. The van der Waals surface area contributed by atoms with Crippen molar-refractivity contribution in [3.8, 4) is 5.75 Å². The highest BCUT2D eigenvalue weighted by Crippen LogP contribution is 2.26. The molecule has 1 aliphatic carbocycles. The molecule has 2 N–H and O–H groups in total. The molecule has 3 rings (SSSR count). The van der Waals surface area contributed by atoms with E-state index in [9.17, 15) is 14.7 Å². The fourth-order valence-corrected chi connectivity index (χ4v) is 3.15. The van der Waals surface area contributed by atoms with E-state index in [0.29, 0.717) is 25.4 Å². The molecule has 118 valence electrons.